The number of aliphatic hydroxyl groups is 1. The Kier molecular flexibility index (Phi) is 11.9. The molecular formula is C41H53N3O7. The van der Waals surface area contributed by atoms with Crippen LogP contribution in [0.4, 0.5) is 5.69 Å². The Hall–Kier alpha value is -4.28. The third-order valence-electron chi connectivity index (χ3n) is 11.2. The molecule has 2 bridgehead atoms. The monoisotopic (exact) mass is 699 g/mol. The summed E-state index contributed by atoms with van der Waals surface area (Å²) in [6.45, 7) is 17.1. The van der Waals surface area contributed by atoms with Crippen LogP contribution in [-0.4, -0.2) is 76.7 Å². The summed E-state index contributed by atoms with van der Waals surface area (Å²) in [5, 5.41) is 13.7. The van der Waals surface area contributed by atoms with Gasteiger partial charge in [0.1, 0.15) is 17.7 Å². The number of carbonyl (C=O) groups is 4. The number of hydrogen-bond acceptors (Lipinski definition) is 7. The third-order valence-corrected chi connectivity index (χ3v) is 11.2. The first-order valence-electron chi connectivity index (χ1n) is 18.2. The van der Waals surface area contributed by atoms with Gasteiger partial charge in [0.25, 0.3) is 5.91 Å². The number of hydrogen-bond donors (Lipinski definition) is 2. The van der Waals surface area contributed by atoms with Crippen LogP contribution in [0.3, 0.4) is 0 Å². The standard InChI is InChI=1S/C41H53N3O7/c1-8-11-20-32(46)42-28(7)36(29-18-13-12-14-19-29)50-40(49)33-31-21-22-41(51-31)34(33)38(47)44(30(24-45)25(4)10-3)37(41)39(48)43(23-9-2)35-26(5)16-15-17-27(35)6/h8-9,12-19,25,28,30-31,33-34,36-37,45H,1-2,10-11,20-24H2,3-7H3,(H,42,46)/t25-,28+,30-,31-,33+,34+,36+,37-,41+/m0/s1. The molecule has 3 aliphatic rings. The largest absolute Gasteiger partial charge is 0.455 e. The summed E-state index contributed by atoms with van der Waals surface area (Å²) in [7, 11) is 0. The van der Waals surface area contributed by atoms with Crippen molar-refractivity contribution in [1.29, 1.82) is 0 Å². The molecule has 9 atom stereocenters. The van der Waals surface area contributed by atoms with E-state index in [0.29, 0.717) is 31.2 Å². The smallest absolute Gasteiger partial charge is 0.313 e. The molecule has 10 heteroatoms. The number of nitrogens with one attached hydrogen (secondary N) is 1. The van der Waals surface area contributed by atoms with Crippen molar-refractivity contribution in [2.75, 3.05) is 18.1 Å². The number of anilines is 1. The first kappa shape index (κ1) is 38.0. The van der Waals surface area contributed by atoms with Gasteiger partial charge in [-0.1, -0.05) is 81.0 Å². The van der Waals surface area contributed by atoms with Gasteiger partial charge in [-0.15, -0.1) is 13.2 Å². The quantitative estimate of drug-likeness (QED) is 0.179. The molecule has 0 unspecified atom stereocenters. The molecule has 0 aromatic heterocycles. The van der Waals surface area contributed by atoms with E-state index >= 15 is 4.79 Å². The van der Waals surface area contributed by atoms with Gasteiger partial charge in [0, 0.05) is 18.7 Å². The van der Waals surface area contributed by atoms with Gasteiger partial charge in [0.2, 0.25) is 11.8 Å². The number of ether oxygens (including phenoxy) is 2. The zero-order valence-corrected chi connectivity index (χ0v) is 30.5. The van der Waals surface area contributed by atoms with E-state index in [1.807, 2.05) is 76.2 Å². The van der Waals surface area contributed by atoms with Crippen LogP contribution in [0, 0.1) is 31.6 Å². The van der Waals surface area contributed by atoms with Crippen molar-refractivity contribution in [2.45, 2.75) is 103 Å². The number of likely N-dealkylation sites (tertiary alicyclic amines) is 1. The second-order valence-electron chi connectivity index (χ2n) is 14.4. The number of aryl methyl sites for hydroxylation is 2. The van der Waals surface area contributed by atoms with E-state index in [9.17, 15) is 19.5 Å². The Balaban J connectivity index is 1.55. The third kappa shape index (κ3) is 7.00. The van der Waals surface area contributed by atoms with Gasteiger partial charge < -0.3 is 29.7 Å². The molecule has 0 radical (unpaired) electrons. The second-order valence-corrected chi connectivity index (χ2v) is 14.4. The minimum atomic E-state index is -1.30. The molecular weight excluding hydrogens is 646 g/mol. The predicted octanol–water partition coefficient (Wildman–Crippen LogP) is 5.36. The summed E-state index contributed by atoms with van der Waals surface area (Å²) in [5.41, 5.74) is 1.92. The summed E-state index contributed by atoms with van der Waals surface area (Å²) in [6, 6.07) is 12.7. The average Bonchev–Trinajstić information content (AvgIpc) is 3.77. The van der Waals surface area contributed by atoms with Crippen LogP contribution in [0.5, 0.6) is 0 Å². The van der Waals surface area contributed by atoms with E-state index in [2.05, 4.69) is 18.5 Å². The molecule has 5 rings (SSSR count). The molecule has 2 aromatic carbocycles. The molecule has 3 fully saturated rings. The number of benzene rings is 2. The second kappa shape index (κ2) is 15.9. The van der Waals surface area contributed by atoms with Gasteiger partial charge in [-0.25, -0.2) is 0 Å². The number of aliphatic hydroxyl groups excluding tert-OH is 1. The van der Waals surface area contributed by atoms with Crippen LogP contribution in [-0.2, 0) is 28.7 Å². The van der Waals surface area contributed by atoms with Gasteiger partial charge in [0.15, 0.2) is 0 Å². The highest BCUT2D eigenvalue weighted by molar-refractivity contribution is 6.05. The molecule has 0 aliphatic carbocycles. The molecule has 3 heterocycles. The van der Waals surface area contributed by atoms with Crippen LogP contribution < -0.4 is 10.2 Å². The summed E-state index contributed by atoms with van der Waals surface area (Å²) < 4.78 is 13.0. The minimum absolute atomic E-state index is 0.145. The number of rotatable bonds is 16. The maximum Gasteiger partial charge on any atom is 0.313 e. The zero-order chi connectivity index (χ0) is 37.0. The van der Waals surface area contributed by atoms with Crippen molar-refractivity contribution in [1.82, 2.24) is 10.2 Å². The SMILES string of the molecule is C=CCCC(=O)N[C@H](C)[C@@H](OC(=O)[C@@H]1[C@@H]2CC[C@]3(O2)[C@H](C(=O)N(CC=C)c2c(C)cccc2C)N([C@@H](CO)[C@@H](C)CC)C(=O)[C@@H]13)c1ccccc1. The van der Waals surface area contributed by atoms with Gasteiger partial charge in [-0.3, -0.25) is 19.2 Å². The topological polar surface area (TPSA) is 125 Å². The van der Waals surface area contributed by atoms with Gasteiger partial charge in [-0.05, 0) is 62.6 Å². The van der Waals surface area contributed by atoms with E-state index in [1.165, 1.54) is 4.90 Å². The van der Waals surface area contributed by atoms with Crippen molar-refractivity contribution in [3.8, 4) is 0 Å². The van der Waals surface area contributed by atoms with E-state index in [-0.39, 0.29) is 43.2 Å². The maximum absolute atomic E-state index is 15.1. The Bertz CT molecular complexity index is 1610. The lowest BCUT2D eigenvalue weighted by molar-refractivity contribution is -0.162. The molecule has 3 aliphatic heterocycles. The molecule has 1 spiro atoms. The molecule has 3 amide bonds. The summed E-state index contributed by atoms with van der Waals surface area (Å²) in [5.74, 6) is -3.66. The van der Waals surface area contributed by atoms with Gasteiger partial charge in [-0.2, -0.15) is 0 Å². The predicted molar refractivity (Wildman–Crippen MR) is 196 cm³/mol. The Morgan fingerprint density at radius 2 is 1.78 bits per heavy atom. The number of carbonyl (C=O) groups excluding carboxylic acids is 4. The summed E-state index contributed by atoms with van der Waals surface area (Å²) >= 11 is 0. The molecule has 2 aromatic rings. The van der Waals surface area contributed by atoms with Crippen molar-refractivity contribution < 1.29 is 33.8 Å². The number of allylic oxidation sites excluding steroid dienone is 1. The highest BCUT2D eigenvalue weighted by Crippen LogP contribution is 2.60. The van der Waals surface area contributed by atoms with Crippen molar-refractivity contribution in [2.24, 2.45) is 17.8 Å². The van der Waals surface area contributed by atoms with Gasteiger partial charge in [0.05, 0.1) is 36.6 Å². The van der Waals surface area contributed by atoms with Gasteiger partial charge >= 0.3 is 5.97 Å². The summed E-state index contributed by atoms with van der Waals surface area (Å²) in [6.07, 6.45) is 4.13. The molecule has 10 nitrogen and oxygen atoms in total. The maximum atomic E-state index is 15.1. The fourth-order valence-electron chi connectivity index (χ4n) is 8.55. The number of amides is 3. The molecule has 274 valence electrons. The fraction of sp³-hybridized carbons (Fsp3) is 0.512. The lowest BCUT2D eigenvalue weighted by atomic mass is 9.70. The Morgan fingerprint density at radius 1 is 1.10 bits per heavy atom. The van der Waals surface area contributed by atoms with E-state index in [0.717, 1.165) is 16.8 Å². The van der Waals surface area contributed by atoms with E-state index < -0.39 is 53.7 Å². The van der Waals surface area contributed by atoms with E-state index in [4.69, 9.17) is 9.47 Å². The Labute approximate surface area is 301 Å². The van der Waals surface area contributed by atoms with Crippen molar-refractivity contribution in [3.05, 3.63) is 90.5 Å². The van der Waals surface area contributed by atoms with Crippen molar-refractivity contribution >= 4 is 29.4 Å². The lowest BCUT2D eigenvalue weighted by Gasteiger charge is -2.41. The summed E-state index contributed by atoms with van der Waals surface area (Å²) in [4.78, 5) is 60.4. The molecule has 0 saturated carbocycles. The first-order valence-corrected chi connectivity index (χ1v) is 18.2. The van der Waals surface area contributed by atoms with Crippen LogP contribution in [0.2, 0.25) is 0 Å². The normalized spacial score (nSPS) is 25.8. The van der Waals surface area contributed by atoms with Crippen molar-refractivity contribution in [3.63, 3.8) is 0 Å². The van der Waals surface area contributed by atoms with Crippen LogP contribution >= 0.6 is 0 Å². The highest BCUT2D eigenvalue weighted by atomic mass is 16.6. The molecule has 2 N–H and O–H groups in total. The molecule has 3 saturated heterocycles. The first-order chi connectivity index (χ1) is 24.4. The number of nitrogens with zero attached hydrogens (tertiary/aromatic N) is 2. The van der Waals surface area contributed by atoms with Crippen LogP contribution in [0.15, 0.2) is 73.8 Å². The number of para-hydroxylation sites is 1. The minimum Gasteiger partial charge on any atom is -0.455 e. The number of fused-ring (bicyclic) bond motifs is 1. The lowest BCUT2D eigenvalue weighted by Crippen LogP contribution is -2.60. The number of esters is 1. The zero-order valence-electron chi connectivity index (χ0n) is 30.5. The van der Waals surface area contributed by atoms with Crippen LogP contribution in [0.25, 0.3) is 0 Å². The average molecular weight is 700 g/mol. The Morgan fingerprint density at radius 3 is 2.39 bits per heavy atom. The highest BCUT2D eigenvalue weighted by Gasteiger charge is 2.76. The molecule has 51 heavy (non-hydrogen) atoms. The fourth-order valence-corrected chi connectivity index (χ4v) is 8.55. The van der Waals surface area contributed by atoms with Crippen LogP contribution in [0.1, 0.15) is 75.7 Å². The van der Waals surface area contributed by atoms with E-state index in [1.54, 1.807) is 24.0 Å².